The van der Waals surface area contributed by atoms with Gasteiger partial charge in [0.25, 0.3) is 0 Å². The van der Waals surface area contributed by atoms with E-state index in [1.54, 1.807) is 0 Å². The van der Waals surface area contributed by atoms with Crippen molar-refractivity contribution in [3.63, 3.8) is 0 Å². The Morgan fingerprint density at radius 2 is 0.304 bits per heavy atom. The van der Waals surface area contributed by atoms with Crippen LogP contribution in [-0.4, -0.2) is 0 Å². The summed E-state index contributed by atoms with van der Waals surface area (Å²) in [4.78, 5) is 103. The molecule has 0 spiro atoms. The molecule has 0 fully saturated rings. The van der Waals surface area contributed by atoms with Crippen LogP contribution in [0.15, 0.2) is 0 Å². The topological polar surface area (TPSA) is 345 Å². The van der Waals surface area contributed by atoms with Crippen molar-refractivity contribution in [2.75, 3.05) is 0 Å². The number of rotatable bonds is 0. The summed E-state index contributed by atoms with van der Waals surface area (Å²) in [6, 6.07) is 0. The maximum atomic E-state index is 8.55. The molecule has 0 aliphatic rings. The molecule has 0 aromatic rings. The van der Waals surface area contributed by atoms with E-state index < -0.39 is 31.3 Å². The van der Waals surface area contributed by atoms with Crippen LogP contribution in [0.5, 0.6) is 0 Å². The standard InChI is InChI=1S/4H3O4P.3Re/c4*1-5(2,3)4;;;/h4*(H3,1,2,3,4);;;/q;;;;3*+4/p-12. The van der Waals surface area contributed by atoms with Crippen molar-refractivity contribution in [1.29, 1.82) is 0 Å². The minimum Gasteiger partial charge on any atom is -0.822 e. The van der Waals surface area contributed by atoms with E-state index in [9.17, 15) is 0 Å². The predicted octanol–water partition coefficient (Wildman–Crippen LogP) is -11.3. The number of phosphoric acid groups is 4. The maximum Gasteiger partial charge on any atom is 4.00 e. The van der Waals surface area contributed by atoms with E-state index in [0.29, 0.717) is 0 Å². The molecule has 0 aromatic carbocycles. The van der Waals surface area contributed by atoms with E-state index in [-0.39, 0.29) is 61.3 Å². The first-order valence-corrected chi connectivity index (χ1v) is 8.76. The van der Waals surface area contributed by atoms with Crippen molar-refractivity contribution < 1.29 is 138 Å². The molecule has 23 heteroatoms. The molecule has 0 heterocycles. The molecule has 0 aliphatic carbocycles. The van der Waals surface area contributed by atoms with Crippen molar-refractivity contribution in [3.05, 3.63) is 0 Å². The molecule has 0 rings (SSSR count). The van der Waals surface area contributed by atoms with Crippen molar-refractivity contribution >= 4 is 31.3 Å². The molecule has 0 saturated carbocycles. The Labute approximate surface area is 168 Å². The van der Waals surface area contributed by atoms with Gasteiger partial charge in [0.15, 0.2) is 0 Å². The zero-order chi connectivity index (χ0) is 18.0. The van der Waals surface area contributed by atoms with Gasteiger partial charge in [-0.25, -0.2) is 0 Å². The quantitative estimate of drug-likeness (QED) is 0.204. The molecule has 137 valence electrons. The fraction of sp³-hybridized carbons (Fsp3) is 0. The molecular formula is O16P4Re3. The molecule has 3 radical (unpaired) electrons. The maximum absolute atomic E-state index is 8.55. The molecule has 0 amide bonds. The van der Waals surface area contributed by atoms with E-state index in [2.05, 4.69) is 0 Å². The Balaban J connectivity index is -0.0000000284. The normalized spacial score (nSPS) is 10.3. The Bertz CT molecular complexity index is 292. The van der Waals surface area contributed by atoms with Crippen LogP contribution in [0.3, 0.4) is 0 Å². The third kappa shape index (κ3) is 2090. The zero-order valence-corrected chi connectivity index (χ0v) is 21.2. The Morgan fingerprint density at radius 3 is 0.304 bits per heavy atom. The smallest absolute Gasteiger partial charge is 0.822 e. The third-order valence-electron chi connectivity index (χ3n) is 0. The minimum atomic E-state index is -5.39. The van der Waals surface area contributed by atoms with Crippen LogP contribution in [0.4, 0.5) is 0 Å². The Hall–Kier alpha value is 2.43. The summed E-state index contributed by atoms with van der Waals surface area (Å²) in [5.74, 6) is 0. The van der Waals surface area contributed by atoms with Gasteiger partial charge in [0.05, 0.1) is 0 Å². The minimum absolute atomic E-state index is 0. The first-order chi connectivity index (χ1) is 8.00. The Morgan fingerprint density at radius 1 is 0.304 bits per heavy atom. The van der Waals surface area contributed by atoms with Crippen LogP contribution >= 0.6 is 31.3 Å². The summed E-state index contributed by atoms with van der Waals surface area (Å²) in [5, 5.41) is 0. The Kier molecular flexibility index (Phi) is 37.3. The van der Waals surface area contributed by atoms with Gasteiger partial charge >= 0.3 is 61.3 Å². The predicted molar refractivity (Wildman–Crippen MR) is 30.4 cm³/mol. The summed E-state index contributed by atoms with van der Waals surface area (Å²) >= 11 is 0. The molecule has 0 unspecified atom stereocenters. The number of hydrogen-bond donors (Lipinski definition) is 0. The van der Waals surface area contributed by atoms with Crippen LogP contribution in [0.2, 0.25) is 0 Å². The molecular weight excluding hydrogens is 939 g/mol. The molecule has 0 aromatic heterocycles. The fourth-order valence-corrected chi connectivity index (χ4v) is 0. The van der Waals surface area contributed by atoms with Gasteiger partial charge in [0.1, 0.15) is 0 Å². The average Bonchev–Trinajstić information content (AvgIpc) is 1.62. The van der Waals surface area contributed by atoms with Crippen molar-refractivity contribution in [2.24, 2.45) is 0 Å². The second kappa shape index (κ2) is 19.2. The van der Waals surface area contributed by atoms with Gasteiger partial charge in [0.2, 0.25) is 0 Å². The third-order valence-corrected chi connectivity index (χ3v) is 0. The van der Waals surface area contributed by atoms with E-state index in [1.165, 1.54) is 0 Å². The van der Waals surface area contributed by atoms with Crippen molar-refractivity contribution in [3.8, 4) is 0 Å². The van der Waals surface area contributed by atoms with Gasteiger partial charge in [-0.15, -0.1) is 0 Å². The summed E-state index contributed by atoms with van der Waals surface area (Å²) < 4.78 is 34.2. The molecule has 0 aliphatic heterocycles. The van der Waals surface area contributed by atoms with E-state index in [1.807, 2.05) is 0 Å². The second-order valence-corrected chi connectivity index (χ2v) is 5.37. The van der Waals surface area contributed by atoms with Crippen LogP contribution in [-0.2, 0) is 79.5 Å². The van der Waals surface area contributed by atoms with Gasteiger partial charge in [-0.2, -0.15) is 31.3 Å². The summed E-state index contributed by atoms with van der Waals surface area (Å²) in [6.45, 7) is 0. The van der Waals surface area contributed by atoms with Gasteiger partial charge < -0.3 is 77.0 Å². The number of hydrogen-bond acceptors (Lipinski definition) is 16. The summed E-state index contributed by atoms with van der Waals surface area (Å²) in [5.41, 5.74) is 0. The van der Waals surface area contributed by atoms with Crippen molar-refractivity contribution in [2.45, 2.75) is 0 Å². The molecule has 0 N–H and O–H groups in total. The van der Waals surface area contributed by atoms with E-state index >= 15 is 0 Å². The van der Waals surface area contributed by atoms with Crippen LogP contribution in [0.1, 0.15) is 0 Å². The van der Waals surface area contributed by atoms with Crippen LogP contribution in [0.25, 0.3) is 0 Å². The van der Waals surface area contributed by atoms with E-state index in [0.717, 1.165) is 0 Å². The van der Waals surface area contributed by atoms with Gasteiger partial charge in [-0.05, 0) is 0 Å². The van der Waals surface area contributed by atoms with Crippen LogP contribution < -0.4 is 58.7 Å². The monoisotopic (exact) mass is 941 g/mol. The molecule has 16 nitrogen and oxygen atoms in total. The molecule has 0 saturated heterocycles. The van der Waals surface area contributed by atoms with Crippen molar-refractivity contribution in [1.82, 2.24) is 0 Å². The molecule has 23 heavy (non-hydrogen) atoms. The summed E-state index contributed by atoms with van der Waals surface area (Å²) in [7, 11) is -21.6. The van der Waals surface area contributed by atoms with Gasteiger partial charge in [-0.3, -0.25) is 0 Å². The van der Waals surface area contributed by atoms with E-state index in [4.69, 9.17) is 77.0 Å². The van der Waals surface area contributed by atoms with Gasteiger partial charge in [0, 0.05) is 0 Å². The average molecular weight is 939 g/mol. The first-order valence-electron chi connectivity index (χ1n) is 2.92. The largest absolute Gasteiger partial charge is 4.00 e. The van der Waals surface area contributed by atoms with Crippen LogP contribution in [0, 0.1) is 0 Å². The molecule has 0 bridgehead atoms. The zero-order valence-electron chi connectivity index (χ0n) is 9.45. The fourth-order valence-electron chi connectivity index (χ4n) is 0. The van der Waals surface area contributed by atoms with Gasteiger partial charge in [-0.1, -0.05) is 0 Å². The summed E-state index contributed by atoms with van der Waals surface area (Å²) in [6.07, 6.45) is 0. The first kappa shape index (κ1) is 44.7. The second-order valence-electron chi connectivity index (χ2n) is 1.79. The SMILES string of the molecule is O=P([O-])([O-])[O-].O=P([O-])([O-])[O-].O=P([O-])([O-])[O-].O=P([O-])([O-])[O-].[Re+4].[Re+4].[Re+4]. The molecule has 0 atom stereocenters.